The third-order valence-corrected chi connectivity index (χ3v) is 5.00. The number of rotatable bonds is 7. The Hall–Kier alpha value is -4.59. The molecule has 0 aliphatic carbocycles. The van der Waals surface area contributed by atoms with Crippen LogP contribution >= 0.6 is 0 Å². The maximum absolute atomic E-state index is 13.0. The van der Waals surface area contributed by atoms with E-state index in [0.29, 0.717) is 11.3 Å². The first-order chi connectivity index (χ1) is 16.5. The molecule has 3 aromatic carbocycles. The van der Waals surface area contributed by atoms with Crippen molar-refractivity contribution >= 4 is 18.0 Å². The second kappa shape index (κ2) is 10.4. The summed E-state index contributed by atoms with van der Waals surface area (Å²) in [6.45, 7) is 1.74. The predicted molar refractivity (Wildman–Crippen MR) is 128 cm³/mol. The molecule has 0 fully saturated rings. The molecule has 4 rings (SSSR count). The highest BCUT2D eigenvalue weighted by atomic mass is 19.1. The van der Waals surface area contributed by atoms with E-state index in [1.807, 2.05) is 67.7 Å². The Morgan fingerprint density at radius 2 is 1.71 bits per heavy atom. The third kappa shape index (κ3) is 5.60. The molecule has 4 aromatic rings. The fraction of sp³-hybridized carbons (Fsp3) is 0.0769. The second-order valence-electron chi connectivity index (χ2n) is 7.56. The van der Waals surface area contributed by atoms with Crippen LogP contribution < -0.4 is 10.7 Å². The highest BCUT2D eigenvalue weighted by molar-refractivity contribution is 5.96. The summed E-state index contributed by atoms with van der Waals surface area (Å²) in [5.74, 6) is -1.42. The van der Waals surface area contributed by atoms with Crippen LogP contribution in [0, 0.1) is 12.7 Å². The number of hydrazone groups is 1. The molecule has 0 unspecified atom stereocenters. The monoisotopic (exact) mass is 455 g/mol. The number of halogens is 1. The number of benzene rings is 3. The van der Waals surface area contributed by atoms with Crippen molar-refractivity contribution in [2.45, 2.75) is 6.92 Å². The smallest absolute Gasteiger partial charge is 0.259 e. The van der Waals surface area contributed by atoms with E-state index in [2.05, 4.69) is 15.8 Å². The SMILES string of the molecule is Cc1ccc(-c2nn(-c3ccccc3)cc2/C=N\NC(=O)CNC(=O)c2ccc(F)cc2)cc1. The Morgan fingerprint density at radius 1 is 1.00 bits per heavy atom. The summed E-state index contributed by atoms with van der Waals surface area (Å²) in [7, 11) is 0. The van der Waals surface area contributed by atoms with Gasteiger partial charge in [0.05, 0.1) is 18.4 Å². The molecule has 2 N–H and O–H groups in total. The zero-order valence-electron chi connectivity index (χ0n) is 18.4. The summed E-state index contributed by atoms with van der Waals surface area (Å²) >= 11 is 0. The lowest BCUT2D eigenvalue weighted by molar-refractivity contribution is -0.120. The number of carbonyl (C=O) groups is 2. The summed E-state index contributed by atoms with van der Waals surface area (Å²) in [6.07, 6.45) is 3.35. The van der Waals surface area contributed by atoms with Crippen LogP contribution in [0.3, 0.4) is 0 Å². The molecular formula is C26H22FN5O2. The van der Waals surface area contributed by atoms with Crippen molar-refractivity contribution in [2.75, 3.05) is 6.54 Å². The van der Waals surface area contributed by atoms with Crippen molar-refractivity contribution < 1.29 is 14.0 Å². The summed E-state index contributed by atoms with van der Waals surface area (Å²) < 4.78 is 14.7. The molecule has 0 saturated heterocycles. The van der Waals surface area contributed by atoms with Gasteiger partial charge in [0.15, 0.2) is 0 Å². The molecular weight excluding hydrogens is 433 g/mol. The molecule has 0 aliphatic heterocycles. The Morgan fingerprint density at radius 3 is 2.41 bits per heavy atom. The van der Waals surface area contributed by atoms with Gasteiger partial charge in [-0.2, -0.15) is 10.2 Å². The number of nitrogens with one attached hydrogen (secondary N) is 2. The van der Waals surface area contributed by atoms with Crippen LogP contribution in [0.15, 0.2) is 90.2 Å². The van der Waals surface area contributed by atoms with Crippen LogP contribution in [0.2, 0.25) is 0 Å². The van der Waals surface area contributed by atoms with Crippen LogP contribution in [-0.2, 0) is 4.79 Å². The van der Waals surface area contributed by atoms with Gasteiger partial charge in [0.1, 0.15) is 11.5 Å². The van der Waals surface area contributed by atoms with E-state index >= 15 is 0 Å². The highest BCUT2D eigenvalue weighted by Gasteiger charge is 2.12. The number of amides is 2. The predicted octanol–water partition coefficient (Wildman–Crippen LogP) is 3.87. The highest BCUT2D eigenvalue weighted by Crippen LogP contribution is 2.23. The van der Waals surface area contributed by atoms with Crippen LogP contribution in [0.4, 0.5) is 4.39 Å². The summed E-state index contributed by atoms with van der Waals surface area (Å²) in [5.41, 5.74) is 7.03. The molecule has 1 heterocycles. The first-order valence-electron chi connectivity index (χ1n) is 10.6. The molecule has 0 atom stereocenters. The molecule has 0 aliphatic rings. The molecule has 170 valence electrons. The van der Waals surface area contributed by atoms with E-state index in [1.165, 1.54) is 30.5 Å². The standard InChI is InChI=1S/C26H22FN5O2/c1-18-7-9-19(10-8-18)25-21(17-32(31-25)23-5-3-2-4-6-23)15-29-30-24(33)16-28-26(34)20-11-13-22(27)14-12-20/h2-15,17H,16H2,1H3,(H,28,34)(H,30,33)/b29-15-. The van der Waals surface area contributed by atoms with Crippen molar-refractivity contribution in [3.05, 3.63) is 108 Å². The number of nitrogens with zero attached hydrogens (tertiary/aromatic N) is 3. The minimum absolute atomic E-state index is 0.258. The van der Waals surface area contributed by atoms with Gasteiger partial charge in [0.25, 0.3) is 11.8 Å². The van der Waals surface area contributed by atoms with E-state index in [9.17, 15) is 14.0 Å². The van der Waals surface area contributed by atoms with Crippen LogP contribution in [0.1, 0.15) is 21.5 Å². The molecule has 8 heteroatoms. The maximum Gasteiger partial charge on any atom is 0.259 e. The largest absolute Gasteiger partial charge is 0.343 e. The first kappa shape index (κ1) is 22.6. The number of carbonyl (C=O) groups excluding carboxylic acids is 2. The van der Waals surface area contributed by atoms with E-state index in [-0.39, 0.29) is 12.1 Å². The minimum atomic E-state index is -0.501. The zero-order valence-corrected chi connectivity index (χ0v) is 18.4. The zero-order chi connectivity index (χ0) is 23.9. The Kier molecular flexibility index (Phi) is 6.88. The molecule has 0 radical (unpaired) electrons. The average Bonchev–Trinajstić information content (AvgIpc) is 3.28. The first-order valence-corrected chi connectivity index (χ1v) is 10.6. The number of hydrogen-bond acceptors (Lipinski definition) is 4. The normalized spacial score (nSPS) is 10.9. The Labute approximate surface area is 195 Å². The van der Waals surface area contributed by atoms with Gasteiger partial charge >= 0.3 is 0 Å². The topological polar surface area (TPSA) is 88.4 Å². The van der Waals surface area contributed by atoms with Gasteiger partial charge in [-0.15, -0.1) is 0 Å². The summed E-state index contributed by atoms with van der Waals surface area (Å²) in [4.78, 5) is 24.2. The van der Waals surface area contributed by atoms with Crippen LogP contribution in [0.5, 0.6) is 0 Å². The summed E-state index contributed by atoms with van der Waals surface area (Å²) in [6, 6.07) is 22.7. The van der Waals surface area contributed by atoms with Gasteiger partial charge in [0, 0.05) is 22.9 Å². The molecule has 2 amide bonds. The van der Waals surface area contributed by atoms with E-state index in [4.69, 9.17) is 5.10 Å². The van der Waals surface area contributed by atoms with Gasteiger partial charge in [0.2, 0.25) is 0 Å². The lowest BCUT2D eigenvalue weighted by Gasteiger charge is -2.04. The van der Waals surface area contributed by atoms with E-state index < -0.39 is 17.6 Å². The second-order valence-corrected chi connectivity index (χ2v) is 7.56. The number of para-hydroxylation sites is 1. The fourth-order valence-electron chi connectivity index (χ4n) is 3.21. The minimum Gasteiger partial charge on any atom is -0.343 e. The van der Waals surface area contributed by atoms with E-state index in [1.54, 1.807) is 4.68 Å². The molecule has 0 spiro atoms. The van der Waals surface area contributed by atoms with Crippen molar-refractivity contribution in [3.8, 4) is 16.9 Å². The van der Waals surface area contributed by atoms with Gasteiger partial charge in [-0.1, -0.05) is 48.0 Å². The van der Waals surface area contributed by atoms with Gasteiger partial charge < -0.3 is 5.32 Å². The summed E-state index contributed by atoms with van der Waals surface area (Å²) in [5, 5.41) is 11.2. The number of hydrogen-bond donors (Lipinski definition) is 2. The van der Waals surface area contributed by atoms with Crippen LogP contribution in [0.25, 0.3) is 16.9 Å². The molecule has 34 heavy (non-hydrogen) atoms. The lowest BCUT2D eigenvalue weighted by Crippen LogP contribution is -2.34. The Balaban J connectivity index is 1.45. The lowest BCUT2D eigenvalue weighted by atomic mass is 10.1. The number of aromatic nitrogens is 2. The quantitative estimate of drug-likeness (QED) is 0.328. The van der Waals surface area contributed by atoms with Crippen LogP contribution in [-0.4, -0.2) is 34.4 Å². The molecule has 0 bridgehead atoms. The maximum atomic E-state index is 13.0. The van der Waals surface area contributed by atoms with Gasteiger partial charge in [-0.3, -0.25) is 9.59 Å². The third-order valence-electron chi connectivity index (χ3n) is 5.00. The van der Waals surface area contributed by atoms with E-state index in [0.717, 1.165) is 16.8 Å². The van der Waals surface area contributed by atoms with Crippen molar-refractivity contribution in [2.24, 2.45) is 5.10 Å². The molecule has 0 saturated carbocycles. The average molecular weight is 455 g/mol. The Bertz CT molecular complexity index is 1310. The van der Waals surface area contributed by atoms with Crippen molar-refractivity contribution in [1.29, 1.82) is 0 Å². The molecule has 7 nitrogen and oxygen atoms in total. The van der Waals surface area contributed by atoms with Crippen molar-refractivity contribution in [3.63, 3.8) is 0 Å². The van der Waals surface area contributed by atoms with Gasteiger partial charge in [-0.25, -0.2) is 14.5 Å². The number of aryl methyl sites for hydroxylation is 1. The molecule has 1 aromatic heterocycles. The fourth-order valence-corrected chi connectivity index (χ4v) is 3.21. The van der Waals surface area contributed by atoms with Crippen molar-refractivity contribution in [1.82, 2.24) is 20.5 Å². The van der Waals surface area contributed by atoms with Gasteiger partial charge in [-0.05, 0) is 43.3 Å².